The van der Waals surface area contributed by atoms with Crippen LogP contribution in [0.2, 0.25) is 0 Å². The number of Topliss-reactive ketones (excluding diaryl/α,β-unsaturated/α-hetero) is 1. The highest BCUT2D eigenvalue weighted by Crippen LogP contribution is 2.32. The molecular weight excluding hydrogens is 514 g/mol. The molecule has 0 fully saturated rings. The van der Waals surface area contributed by atoms with Crippen molar-refractivity contribution in [3.8, 4) is 11.5 Å². The van der Waals surface area contributed by atoms with E-state index < -0.39 is 23.1 Å². The quantitative estimate of drug-likeness (QED) is 0.216. The zero-order valence-corrected chi connectivity index (χ0v) is 23.7. The Balaban J connectivity index is 1.55. The van der Waals surface area contributed by atoms with Crippen LogP contribution in [0.3, 0.4) is 0 Å². The fourth-order valence-corrected chi connectivity index (χ4v) is 5.20. The number of aliphatic hydroxyl groups excluding tert-OH is 1. The molecule has 0 saturated heterocycles. The summed E-state index contributed by atoms with van der Waals surface area (Å²) in [5.74, 6) is 1.10. The molecule has 3 aromatic carbocycles. The van der Waals surface area contributed by atoms with Crippen molar-refractivity contribution < 1.29 is 28.3 Å². The van der Waals surface area contributed by atoms with Crippen LogP contribution < -0.4 is 14.2 Å². The predicted molar refractivity (Wildman–Crippen MR) is 153 cm³/mol. The van der Waals surface area contributed by atoms with Crippen molar-refractivity contribution in [1.82, 2.24) is 4.72 Å². The number of hydrogen-bond donors (Lipinski definition) is 2. The average molecular weight is 554 g/mol. The van der Waals surface area contributed by atoms with E-state index in [-0.39, 0.29) is 18.6 Å². The summed E-state index contributed by atoms with van der Waals surface area (Å²) in [6.45, 7) is 3.11. The summed E-state index contributed by atoms with van der Waals surface area (Å²) in [6.07, 6.45) is 1.21. The summed E-state index contributed by atoms with van der Waals surface area (Å²) in [5.41, 5.74) is 2.97. The van der Waals surface area contributed by atoms with Gasteiger partial charge in [-0.15, -0.1) is 0 Å². The molecule has 2 N–H and O–H groups in total. The molecule has 3 atom stereocenters. The van der Waals surface area contributed by atoms with E-state index in [2.05, 4.69) is 4.72 Å². The maximum atomic E-state index is 13.1. The Labute approximate surface area is 234 Å². The molecule has 8 heteroatoms. The van der Waals surface area contributed by atoms with Gasteiger partial charge < -0.3 is 19.3 Å². The molecule has 39 heavy (non-hydrogen) atoms. The summed E-state index contributed by atoms with van der Waals surface area (Å²) < 4.78 is 32.7. The third kappa shape index (κ3) is 10.2. The highest BCUT2D eigenvalue weighted by Gasteiger charge is 2.22. The van der Waals surface area contributed by atoms with Crippen LogP contribution in [0, 0.1) is 6.92 Å². The number of benzene rings is 3. The maximum absolute atomic E-state index is 13.1. The minimum atomic E-state index is -1.52. The van der Waals surface area contributed by atoms with Crippen molar-refractivity contribution in [3.63, 3.8) is 0 Å². The molecule has 0 aliphatic rings. The SMILES string of the molecule is COc1ccc([C@H](C[C@@H](O)CC(=O)CCCCOCc2ccccc2)N[S@](=O)c2ccc(C)cc2)cc1OC. The molecule has 0 aromatic heterocycles. The first-order valence-corrected chi connectivity index (χ1v) is 14.3. The van der Waals surface area contributed by atoms with E-state index in [4.69, 9.17) is 14.2 Å². The fourth-order valence-electron chi connectivity index (χ4n) is 4.19. The lowest BCUT2D eigenvalue weighted by Gasteiger charge is -2.22. The lowest BCUT2D eigenvalue weighted by atomic mass is 9.97. The number of ether oxygens (including phenoxy) is 3. The van der Waals surface area contributed by atoms with E-state index in [1.54, 1.807) is 26.4 Å². The number of rotatable bonds is 17. The Morgan fingerprint density at radius 3 is 2.36 bits per heavy atom. The second kappa shape index (κ2) is 16.2. The summed E-state index contributed by atoms with van der Waals surface area (Å²) in [6, 6.07) is 22.3. The molecular formula is C31H39NO6S. The van der Waals surface area contributed by atoms with Gasteiger partial charge in [0.15, 0.2) is 11.5 Å². The zero-order valence-electron chi connectivity index (χ0n) is 22.9. The predicted octanol–water partition coefficient (Wildman–Crippen LogP) is 5.46. The Morgan fingerprint density at radius 2 is 1.67 bits per heavy atom. The van der Waals surface area contributed by atoms with Crippen molar-refractivity contribution in [2.45, 2.75) is 62.7 Å². The van der Waals surface area contributed by atoms with E-state index >= 15 is 0 Å². The Morgan fingerprint density at radius 1 is 0.949 bits per heavy atom. The summed E-state index contributed by atoms with van der Waals surface area (Å²) in [5, 5.41) is 10.8. The fraction of sp³-hybridized carbons (Fsp3) is 0.387. The first-order valence-electron chi connectivity index (χ1n) is 13.2. The lowest BCUT2D eigenvalue weighted by Crippen LogP contribution is -2.28. The van der Waals surface area contributed by atoms with Gasteiger partial charge in [-0.05, 0) is 61.6 Å². The normalized spacial score (nSPS) is 13.4. The average Bonchev–Trinajstić information content (AvgIpc) is 2.94. The van der Waals surface area contributed by atoms with E-state index in [1.807, 2.05) is 67.6 Å². The maximum Gasteiger partial charge on any atom is 0.161 e. The van der Waals surface area contributed by atoms with Crippen LogP contribution >= 0.6 is 0 Å². The lowest BCUT2D eigenvalue weighted by molar-refractivity contribution is -0.121. The molecule has 0 heterocycles. The molecule has 0 unspecified atom stereocenters. The molecule has 0 spiro atoms. The number of unbranched alkanes of at least 4 members (excludes halogenated alkanes) is 1. The van der Waals surface area contributed by atoms with Gasteiger partial charge in [0.05, 0.1) is 31.8 Å². The van der Waals surface area contributed by atoms with E-state index in [9.17, 15) is 14.1 Å². The number of aryl methyl sites for hydroxylation is 1. The number of aliphatic hydroxyl groups is 1. The molecule has 0 aliphatic carbocycles. The van der Waals surface area contributed by atoms with E-state index in [0.29, 0.717) is 42.4 Å². The number of carbonyl (C=O) groups excluding carboxylic acids is 1. The molecule has 0 bridgehead atoms. The van der Waals surface area contributed by atoms with Crippen LogP contribution in [0.25, 0.3) is 0 Å². The smallest absolute Gasteiger partial charge is 0.161 e. The van der Waals surface area contributed by atoms with Crippen molar-refractivity contribution in [2.24, 2.45) is 0 Å². The Kier molecular flexibility index (Phi) is 12.6. The first kappa shape index (κ1) is 30.5. The topological polar surface area (TPSA) is 94.1 Å². The molecule has 7 nitrogen and oxygen atoms in total. The minimum Gasteiger partial charge on any atom is -0.493 e. The van der Waals surface area contributed by atoms with Crippen LogP contribution in [0.15, 0.2) is 77.7 Å². The zero-order chi connectivity index (χ0) is 28.0. The summed E-state index contributed by atoms with van der Waals surface area (Å²) in [4.78, 5) is 13.2. The monoisotopic (exact) mass is 553 g/mol. The number of ketones is 1. The number of hydrogen-bond acceptors (Lipinski definition) is 6. The van der Waals surface area contributed by atoms with E-state index in [1.165, 1.54) is 0 Å². The molecule has 0 saturated carbocycles. The van der Waals surface area contributed by atoms with Gasteiger partial charge in [0.25, 0.3) is 0 Å². The van der Waals surface area contributed by atoms with Crippen LogP contribution in [-0.4, -0.2) is 42.0 Å². The van der Waals surface area contributed by atoms with Gasteiger partial charge in [-0.2, -0.15) is 0 Å². The molecule has 3 rings (SSSR count). The number of nitrogens with one attached hydrogen (secondary N) is 1. The third-order valence-corrected chi connectivity index (χ3v) is 7.57. The van der Waals surface area contributed by atoms with Gasteiger partial charge in [-0.3, -0.25) is 4.79 Å². The van der Waals surface area contributed by atoms with Crippen molar-refractivity contribution in [3.05, 3.63) is 89.5 Å². The minimum absolute atomic E-state index is 0.00345. The van der Waals surface area contributed by atoms with Gasteiger partial charge >= 0.3 is 0 Å². The van der Waals surface area contributed by atoms with Gasteiger partial charge in [0.2, 0.25) is 0 Å². The second-order valence-corrected chi connectivity index (χ2v) is 10.7. The Bertz CT molecular complexity index is 1190. The van der Waals surface area contributed by atoms with Gasteiger partial charge in [-0.1, -0.05) is 54.1 Å². The molecule has 3 aromatic rings. The van der Waals surface area contributed by atoms with Gasteiger partial charge in [0, 0.05) is 25.5 Å². The third-order valence-electron chi connectivity index (χ3n) is 6.37. The van der Waals surface area contributed by atoms with Crippen LogP contribution in [0.5, 0.6) is 11.5 Å². The van der Waals surface area contributed by atoms with Crippen LogP contribution in [0.4, 0.5) is 0 Å². The largest absolute Gasteiger partial charge is 0.493 e. The van der Waals surface area contributed by atoms with Crippen molar-refractivity contribution in [2.75, 3.05) is 20.8 Å². The summed E-state index contributed by atoms with van der Waals surface area (Å²) in [7, 11) is 1.59. The molecule has 0 radical (unpaired) electrons. The van der Waals surface area contributed by atoms with Crippen molar-refractivity contribution in [1.29, 1.82) is 0 Å². The molecule has 0 amide bonds. The van der Waals surface area contributed by atoms with Crippen LogP contribution in [0.1, 0.15) is 54.8 Å². The molecule has 210 valence electrons. The standard InChI is InChI=1S/C31H39NO6S/c1-23-12-15-28(16-13-23)39(35)32-29(25-14-17-30(36-2)31(19-25)37-3)21-27(34)20-26(33)11-7-8-18-38-22-24-9-5-4-6-10-24/h4-6,9-10,12-17,19,27,29,32,34H,7-8,11,18,20-22H2,1-3H3/t27-,29-,39+/m0/s1. The highest BCUT2D eigenvalue weighted by atomic mass is 32.2. The van der Waals surface area contributed by atoms with Gasteiger partial charge in [0.1, 0.15) is 16.8 Å². The number of methoxy groups -OCH3 is 2. The number of carbonyl (C=O) groups is 1. The van der Waals surface area contributed by atoms with E-state index in [0.717, 1.165) is 23.1 Å². The molecule has 0 aliphatic heterocycles. The van der Waals surface area contributed by atoms with Gasteiger partial charge in [-0.25, -0.2) is 8.93 Å². The van der Waals surface area contributed by atoms with Crippen molar-refractivity contribution >= 4 is 16.8 Å². The van der Waals surface area contributed by atoms with Crippen LogP contribution in [-0.2, 0) is 27.1 Å². The summed E-state index contributed by atoms with van der Waals surface area (Å²) >= 11 is 0. The second-order valence-electron chi connectivity index (χ2n) is 9.49. The first-order chi connectivity index (χ1) is 18.9. The Hall–Kier alpha value is -3.04. The highest BCUT2D eigenvalue weighted by molar-refractivity contribution is 7.83.